The first-order valence-corrected chi connectivity index (χ1v) is 34.3. The Morgan fingerprint density at radius 2 is 0.747 bits per heavy atom. The molecule has 0 aliphatic carbocycles. The van der Waals surface area contributed by atoms with Gasteiger partial charge in [0.25, 0.3) is 0 Å². The van der Waals surface area contributed by atoms with Crippen molar-refractivity contribution < 1.29 is 39.8 Å². The zero-order valence-corrected chi connectivity index (χ0v) is 53.2. The van der Waals surface area contributed by atoms with Crippen molar-refractivity contribution in [1.29, 1.82) is 0 Å². The third-order valence-electron chi connectivity index (χ3n) is 15.5. The number of amides is 1. The van der Waals surface area contributed by atoms with E-state index >= 15 is 0 Å². The molecule has 1 heterocycles. The summed E-state index contributed by atoms with van der Waals surface area (Å²) in [6.07, 6.45) is 85.7. The van der Waals surface area contributed by atoms with Gasteiger partial charge in [0.15, 0.2) is 6.29 Å². The number of carbonyl (C=O) groups is 1. The van der Waals surface area contributed by atoms with Crippen LogP contribution in [0.5, 0.6) is 0 Å². The van der Waals surface area contributed by atoms with E-state index in [1.807, 2.05) is 6.08 Å². The molecule has 0 radical (unpaired) electrons. The van der Waals surface area contributed by atoms with Gasteiger partial charge in [-0.1, -0.05) is 309 Å². The molecule has 0 aromatic rings. The molecular formula is C74H127NO8. The van der Waals surface area contributed by atoms with Gasteiger partial charge in [-0.3, -0.25) is 4.79 Å². The molecule has 1 rings (SSSR count). The molecule has 1 aliphatic rings. The standard InChI is InChI=1S/C74H127NO8/c1-3-5-7-9-11-13-15-17-19-21-23-25-27-29-31-32-33-34-35-36-38-40-42-44-46-48-50-52-54-56-58-60-62-64-70(78)75-67(66-82-74-73(81)72(80)71(79)69(65-76)83-74)68(77)63-61-59-57-55-53-51-49-47-45-43-41-39-37-30-28-26-24-22-20-18-16-14-12-10-8-6-4-2/h5,7,11,13,17,19,23,25,29,31,33-34,36,38,42,44,48,50,61,63,67-69,71-74,76-77,79-81H,3-4,6,8-10,12,14-16,18,20-22,24,26-28,30,32,35,37,39-41,43,45-47,49,51-60,62,64-66H2,1-2H3,(H,75,78)/b7-5-,13-11-,19-17-,25-23-,31-29-,34-33-,38-36-,44-42-,50-48-,63-61+. The second kappa shape index (κ2) is 61.7. The van der Waals surface area contributed by atoms with Gasteiger partial charge in [0.1, 0.15) is 24.4 Å². The largest absolute Gasteiger partial charge is 0.394 e. The first-order chi connectivity index (χ1) is 40.8. The number of nitrogens with one attached hydrogen (secondary N) is 1. The highest BCUT2D eigenvalue weighted by molar-refractivity contribution is 5.76. The lowest BCUT2D eigenvalue weighted by Crippen LogP contribution is -2.60. The first kappa shape index (κ1) is 77.6. The molecule has 1 saturated heterocycles. The molecule has 476 valence electrons. The fraction of sp³-hybridized carbons (Fsp3) is 0.716. The summed E-state index contributed by atoms with van der Waals surface area (Å²) < 4.78 is 11.3. The molecule has 1 amide bonds. The van der Waals surface area contributed by atoms with Gasteiger partial charge in [0.05, 0.1) is 25.4 Å². The SMILES string of the molecule is CC/C=C\C/C=C\C/C=C\C/C=C\C/C=C\C/C=C\C/C=C\C/C=C\C/C=C\CCCCCCCC(=O)NC(COC1OC(CO)C(O)C(O)C1O)C(O)/C=C/CCCCCCCCCCCCCCCCCCCCCCCCCCC. The normalized spacial score (nSPS) is 19.0. The predicted molar refractivity (Wildman–Crippen MR) is 354 cm³/mol. The molecule has 0 aromatic heterocycles. The third kappa shape index (κ3) is 50.5. The summed E-state index contributed by atoms with van der Waals surface area (Å²) in [7, 11) is 0. The first-order valence-electron chi connectivity index (χ1n) is 34.3. The molecule has 7 atom stereocenters. The molecule has 0 bridgehead atoms. The minimum Gasteiger partial charge on any atom is -0.394 e. The molecule has 0 saturated carbocycles. The topological polar surface area (TPSA) is 149 Å². The van der Waals surface area contributed by atoms with Crippen molar-refractivity contribution in [3.8, 4) is 0 Å². The number of aliphatic hydroxyl groups is 5. The van der Waals surface area contributed by atoms with Crippen LogP contribution in [0.2, 0.25) is 0 Å². The summed E-state index contributed by atoms with van der Waals surface area (Å²) in [6.45, 7) is 3.67. The Balaban J connectivity index is 2.20. The number of hydrogen-bond donors (Lipinski definition) is 6. The van der Waals surface area contributed by atoms with E-state index in [0.29, 0.717) is 6.42 Å². The molecule has 0 spiro atoms. The molecule has 9 nitrogen and oxygen atoms in total. The van der Waals surface area contributed by atoms with Crippen molar-refractivity contribution in [1.82, 2.24) is 5.32 Å². The number of carbonyl (C=O) groups excluding carboxylic acids is 1. The summed E-state index contributed by atoms with van der Waals surface area (Å²) in [6, 6.07) is -0.827. The van der Waals surface area contributed by atoms with Gasteiger partial charge < -0.3 is 40.3 Å². The maximum Gasteiger partial charge on any atom is 0.220 e. The van der Waals surface area contributed by atoms with Crippen LogP contribution in [0.3, 0.4) is 0 Å². The third-order valence-corrected chi connectivity index (χ3v) is 15.5. The van der Waals surface area contributed by atoms with E-state index in [2.05, 4.69) is 129 Å². The van der Waals surface area contributed by atoms with E-state index < -0.39 is 49.5 Å². The average molecular weight is 1160 g/mol. The predicted octanol–water partition coefficient (Wildman–Crippen LogP) is 18.6. The van der Waals surface area contributed by atoms with E-state index in [9.17, 15) is 30.3 Å². The molecule has 6 N–H and O–H groups in total. The van der Waals surface area contributed by atoms with Crippen LogP contribution >= 0.6 is 0 Å². The summed E-state index contributed by atoms with van der Waals surface area (Å²) >= 11 is 0. The van der Waals surface area contributed by atoms with Gasteiger partial charge in [0.2, 0.25) is 5.91 Å². The maximum atomic E-state index is 13.1. The number of aliphatic hydroxyl groups excluding tert-OH is 5. The summed E-state index contributed by atoms with van der Waals surface area (Å²) in [5.74, 6) is -0.198. The molecule has 7 unspecified atom stereocenters. The zero-order valence-electron chi connectivity index (χ0n) is 53.2. The van der Waals surface area contributed by atoms with Crippen LogP contribution in [-0.4, -0.2) is 87.5 Å². The molecule has 1 aliphatic heterocycles. The second-order valence-electron chi connectivity index (χ2n) is 23.2. The van der Waals surface area contributed by atoms with Crippen molar-refractivity contribution in [2.24, 2.45) is 0 Å². The Labute approximate surface area is 509 Å². The highest BCUT2D eigenvalue weighted by Gasteiger charge is 2.44. The van der Waals surface area contributed by atoms with E-state index in [1.165, 1.54) is 148 Å². The van der Waals surface area contributed by atoms with Crippen LogP contribution in [0, 0.1) is 0 Å². The van der Waals surface area contributed by atoms with Gasteiger partial charge in [-0.05, 0) is 89.9 Å². The summed E-state index contributed by atoms with van der Waals surface area (Å²) in [4.78, 5) is 13.1. The zero-order chi connectivity index (χ0) is 60.0. The Morgan fingerprint density at radius 3 is 1.11 bits per heavy atom. The molecular weight excluding hydrogens is 1030 g/mol. The highest BCUT2D eigenvalue weighted by atomic mass is 16.7. The monoisotopic (exact) mass is 1160 g/mol. The van der Waals surface area contributed by atoms with Gasteiger partial charge in [-0.25, -0.2) is 0 Å². The van der Waals surface area contributed by atoms with Crippen molar-refractivity contribution >= 4 is 5.91 Å². The Bertz CT molecular complexity index is 1720. The molecule has 83 heavy (non-hydrogen) atoms. The van der Waals surface area contributed by atoms with Crippen molar-refractivity contribution in [3.05, 3.63) is 122 Å². The minimum absolute atomic E-state index is 0.198. The Kier molecular flexibility index (Phi) is 57.7. The van der Waals surface area contributed by atoms with E-state index in [0.717, 1.165) is 116 Å². The highest BCUT2D eigenvalue weighted by Crippen LogP contribution is 2.23. The van der Waals surface area contributed by atoms with E-state index in [4.69, 9.17) is 9.47 Å². The van der Waals surface area contributed by atoms with Gasteiger partial charge in [-0.2, -0.15) is 0 Å². The van der Waals surface area contributed by atoms with Gasteiger partial charge >= 0.3 is 0 Å². The van der Waals surface area contributed by atoms with Gasteiger partial charge in [-0.15, -0.1) is 0 Å². The second-order valence-corrected chi connectivity index (χ2v) is 23.2. The van der Waals surface area contributed by atoms with Crippen molar-refractivity contribution in [2.75, 3.05) is 13.2 Å². The van der Waals surface area contributed by atoms with Crippen molar-refractivity contribution in [2.45, 2.75) is 326 Å². The molecule has 9 heteroatoms. The minimum atomic E-state index is -1.58. The number of unbranched alkanes of at least 4 members (excludes halogenated alkanes) is 30. The lowest BCUT2D eigenvalue weighted by Gasteiger charge is -2.40. The lowest BCUT2D eigenvalue weighted by atomic mass is 9.99. The Hall–Kier alpha value is -3.41. The van der Waals surface area contributed by atoms with Crippen LogP contribution in [-0.2, 0) is 14.3 Å². The number of allylic oxidation sites excluding steroid dienone is 19. The number of rotatable bonds is 58. The quantitative estimate of drug-likeness (QED) is 0.0261. The van der Waals surface area contributed by atoms with Crippen molar-refractivity contribution in [3.63, 3.8) is 0 Å². The number of hydrogen-bond acceptors (Lipinski definition) is 8. The Morgan fingerprint density at radius 1 is 0.422 bits per heavy atom. The smallest absolute Gasteiger partial charge is 0.220 e. The van der Waals surface area contributed by atoms with Crippen LogP contribution < -0.4 is 5.32 Å². The van der Waals surface area contributed by atoms with Crippen LogP contribution in [0.15, 0.2) is 122 Å². The lowest BCUT2D eigenvalue weighted by molar-refractivity contribution is -0.302. The fourth-order valence-electron chi connectivity index (χ4n) is 10.2. The van der Waals surface area contributed by atoms with Crippen LogP contribution in [0.25, 0.3) is 0 Å². The van der Waals surface area contributed by atoms with Crippen LogP contribution in [0.4, 0.5) is 0 Å². The van der Waals surface area contributed by atoms with Crippen LogP contribution in [0.1, 0.15) is 284 Å². The molecule has 0 aromatic carbocycles. The summed E-state index contributed by atoms with van der Waals surface area (Å²) in [5.41, 5.74) is 0. The van der Waals surface area contributed by atoms with E-state index in [1.54, 1.807) is 6.08 Å². The average Bonchev–Trinajstić information content (AvgIpc) is 3.61. The summed E-state index contributed by atoms with van der Waals surface area (Å²) in [5, 5.41) is 54.7. The van der Waals surface area contributed by atoms with E-state index in [-0.39, 0.29) is 12.5 Å². The fourth-order valence-corrected chi connectivity index (χ4v) is 10.2. The van der Waals surface area contributed by atoms with Gasteiger partial charge in [0, 0.05) is 6.42 Å². The maximum absolute atomic E-state index is 13.1. The number of ether oxygens (including phenoxy) is 2. The molecule has 1 fully saturated rings.